The lowest BCUT2D eigenvalue weighted by Crippen LogP contribution is -2.30. The lowest BCUT2D eigenvalue weighted by atomic mass is 10.0. The summed E-state index contributed by atoms with van der Waals surface area (Å²) in [5, 5.41) is 0. The van der Waals surface area contributed by atoms with E-state index >= 15 is 0 Å². The van der Waals surface area contributed by atoms with Crippen molar-refractivity contribution in [3.05, 3.63) is 65.2 Å². The Labute approximate surface area is 155 Å². The van der Waals surface area contributed by atoms with Crippen molar-refractivity contribution in [2.75, 3.05) is 17.2 Å². The zero-order chi connectivity index (χ0) is 18.7. The van der Waals surface area contributed by atoms with Crippen LogP contribution in [0.4, 0.5) is 5.69 Å². The first-order valence-electron chi connectivity index (χ1n) is 9.03. The van der Waals surface area contributed by atoms with E-state index < -0.39 is 9.84 Å². The normalized spacial score (nSPS) is 13.9. The van der Waals surface area contributed by atoms with Gasteiger partial charge >= 0.3 is 0 Å². The van der Waals surface area contributed by atoms with E-state index in [1.165, 1.54) is 5.56 Å². The summed E-state index contributed by atoms with van der Waals surface area (Å²) >= 11 is 0. The van der Waals surface area contributed by atoms with Crippen LogP contribution in [0.25, 0.3) is 0 Å². The Bertz CT molecular complexity index is 886. The van der Waals surface area contributed by atoms with Crippen molar-refractivity contribution in [2.24, 2.45) is 0 Å². The van der Waals surface area contributed by atoms with Gasteiger partial charge in [-0.05, 0) is 35.1 Å². The highest BCUT2D eigenvalue weighted by Crippen LogP contribution is 2.28. The van der Waals surface area contributed by atoms with Crippen LogP contribution in [0.3, 0.4) is 0 Å². The molecule has 1 heterocycles. The summed E-state index contributed by atoms with van der Waals surface area (Å²) in [6.45, 7) is 4.84. The lowest BCUT2D eigenvalue weighted by Gasteiger charge is -2.17. The smallest absolute Gasteiger partial charge is 0.228 e. The third kappa shape index (κ3) is 4.33. The molecule has 1 aliphatic heterocycles. The molecule has 0 fully saturated rings. The monoisotopic (exact) mass is 371 g/mol. The van der Waals surface area contributed by atoms with Crippen LogP contribution >= 0.6 is 0 Å². The van der Waals surface area contributed by atoms with Crippen LogP contribution in [-0.2, 0) is 26.8 Å². The number of nitrogens with zero attached hydrogens (tertiary/aromatic N) is 1. The first kappa shape index (κ1) is 18.6. The Hall–Kier alpha value is -2.14. The van der Waals surface area contributed by atoms with Gasteiger partial charge in [0.15, 0.2) is 9.84 Å². The van der Waals surface area contributed by atoms with Crippen molar-refractivity contribution in [1.29, 1.82) is 0 Å². The Morgan fingerprint density at radius 3 is 2.46 bits per heavy atom. The van der Waals surface area contributed by atoms with Crippen LogP contribution in [0.15, 0.2) is 48.5 Å². The van der Waals surface area contributed by atoms with Gasteiger partial charge in [0.05, 0.1) is 11.5 Å². The van der Waals surface area contributed by atoms with E-state index in [4.69, 9.17) is 0 Å². The van der Waals surface area contributed by atoms with Crippen molar-refractivity contribution in [3.63, 3.8) is 0 Å². The molecule has 0 N–H and O–H groups in total. The molecule has 0 aromatic heterocycles. The Morgan fingerprint density at radius 2 is 1.77 bits per heavy atom. The molecule has 0 saturated carbocycles. The van der Waals surface area contributed by atoms with Crippen LogP contribution in [0.1, 0.15) is 42.9 Å². The van der Waals surface area contributed by atoms with Gasteiger partial charge in [-0.2, -0.15) is 0 Å². The van der Waals surface area contributed by atoms with E-state index in [-0.39, 0.29) is 23.8 Å². The number of carbonyl (C=O) groups is 1. The summed E-state index contributed by atoms with van der Waals surface area (Å²) in [4.78, 5) is 14.2. The van der Waals surface area contributed by atoms with E-state index in [1.807, 2.05) is 48.5 Å². The van der Waals surface area contributed by atoms with Crippen molar-refractivity contribution in [2.45, 2.75) is 38.4 Å². The van der Waals surface area contributed by atoms with Gasteiger partial charge in [0.2, 0.25) is 5.91 Å². The van der Waals surface area contributed by atoms with Gasteiger partial charge in [0.1, 0.15) is 0 Å². The molecule has 2 aromatic carbocycles. The quantitative estimate of drug-likeness (QED) is 0.778. The Kier molecular flexibility index (Phi) is 5.47. The Morgan fingerprint density at radius 1 is 1.08 bits per heavy atom. The number of benzene rings is 2. The third-order valence-electron chi connectivity index (χ3n) is 4.85. The van der Waals surface area contributed by atoms with Gasteiger partial charge in [-0.15, -0.1) is 0 Å². The Balaban J connectivity index is 1.59. The van der Waals surface area contributed by atoms with E-state index in [9.17, 15) is 13.2 Å². The second kappa shape index (κ2) is 7.62. The molecule has 0 bridgehead atoms. The molecule has 0 aliphatic carbocycles. The van der Waals surface area contributed by atoms with Gasteiger partial charge in [-0.1, -0.05) is 56.3 Å². The molecule has 0 atom stereocenters. The molecule has 1 aliphatic rings. The number of carbonyl (C=O) groups excluding carboxylic acids is 1. The molecule has 138 valence electrons. The fraction of sp³-hybridized carbons (Fsp3) is 0.381. The molecule has 4 nitrogen and oxygen atoms in total. The topological polar surface area (TPSA) is 54.5 Å². The zero-order valence-corrected chi connectivity index (χ0v) is 16.1. The summed E-state index contributed by atoms with van der Waals surface area (Å²) in [5.74, 6) is 0.168. The molecule has 3 rings (SSSR count). The predicted octanol–water partition coefficient (Wildman–Crippen LogP) is 3.70. The van der Waals surface area contributed by atoms with Crippen LogP contribution in [-0.4, -0.2) is 26.6 Å². The van der Waals surface area contributed by atoms with Gasteiger partial charge in [-0.25, -0.2) is 8.42 Å². The van der Waals surface area contributed by atoms with Crippen molar-refractivity contribution >= 4 is 21.4 Å². The van der Waals surface area contributed by atoms with Crippen LogP contribution in [0, 0.1) is 0 Å². The average Bonchev–Trinajstić information content (AvgIpc) is 3.04. The third-order valence-corrected chi connectivity index (χ3v) is 6.45. The number of rotatable bonds is 6. The number of hydrogen-bond donors (Lipinski definition) is 0. The first-order valence-corrected chi connectivity index (χ1v) is 10.9. The summed E-state index contributed by atoms with van der Waals surface area (Å²) in [6.07, 6.45) is 0.859. The van der Waals surface area contributed by atoms with Crippen molar-refractivity contribution in [1.82, 2.24) is 0 Å². The second-order valence-electron chi connectivity index (χ2n) is 7.16. The molecule has 0 radical (unpaired) electrons. The summed E-state index contributed by atoms with van der Waals surface area (Å²) in [6, 6.07) is 15.5. The fourth-order valence-electron chi connectivity index (χ4n) is 3.30. The maximum Gasteiger partial charge on any atom is 0.228 e. The molecular formula is C21H25NO3S. The highest BCUT2D eigenvalue weighted by molar-refractivity contribution is 7.90. The van der Waals surface area contributed by atoms with E-state index in [1.54, 1.807) is 4.90 Å². The largest absolute Gasteiger partial charge is 0.312 e. The first-order chi connectivity index (χ1) is 12.4. The summed E-state index contributed by atoms with van der Waals surface area (Å²) in [7, 11) is -3.32. The molecule has 26 heavy (non-hydrogen) atoms. The molecule has 2 aromatic rings. The van der Waals surface area contributed by atoms with Gasteiger partial charge in [-0.3, -0.25) is 4.79 Å². The van der Waals surface area contributed by atoms with Crippen LogP contribution in [0.2, 0.25) is 0 Å². The highest BCUT2D eigenvalue weighted by atomic mass is 32.2. The number of fused-ring (bicyclic) bond motifs is 1. The minimum absolute atomic E-state index is 0.0186. The highest BCUT2D eigenvalue weighted by Gasteiger charge is 2.25. The van der Waals surface area contributed by atoms with Gasteiger partial charge < -0.3 is 4.90 Å². The molecule has 5 heteroatoms. The molecule has 0 saturated heterocycles. The molecule has 1 amide bonds. The molecule has 0 spiro atoms. The van der Waals surface area contributed by atoms with E-state index in [0.29, 0.717) is 12.5 Å². The average molecular weight is 372 g/mol. The van der Waals surface area contributed by atoms with Crippen LogP contribution < -0.4 is 4.90 Å². The van der Waals surface area contributed by atoms with Gasteiger partial charge in [0, 0.05) is 18.7 Å². The number of anilines is 1. The SMILES string of the molecule is CC(C)c1ccc(CS(=O)(=O)CCC(=O)N2CCc3ccccc32)cc1. The fourth-order valence-corrected chi connectivity index (χ4v) is 4.63. The number of sulfone groups is 1. The molecule has 0 unspecified atom stereocenters. The number of hydrogen-bond acceptors (Lipinski definition) is 3. The maximum absolute atomic E-state index is 12.5. The summed E-state index contributed by atoms with van der Waals surface area (Å²) in [5.41, 5.74) is 4.02. The van der Waals surface area contributed by atoms with E-state index in [0.717, 1.165) is 23.2 Å². The lowest BCUT2D eigenvalue weighted by molar-refractivity contribution is -0.118. The zero-order valence-electron chi connectivity index (χ0n) is 15.3. The number of amides is 1. The maximum atomic E-state index is 12.5. The molecular weight excluding hydrogens is 346 g/mol. The van der Waals surface area contributed by atoms with Crippen molar-refractivity contribution in [3.8, 4) is 0 Å². The summed E-state index contributed by atoms with van der Waals surface area (Å²) < 4.78 is 24.8. The predicted molar refractivity (Wildman–Crippen MR) is 105 cm³/mol. The van der Waals surface area contributed by atoms with E-state index in [2.05, 4.69) is 13.8 Å². The minimum Gasteiger partial charge on any atom is -0.312 e. The van der Waals surface area contributed by atoms with Crippen LogP contribution in [0.5, 0.6) is 0 Å². The number of para-hydroxylation sites is 1. The minimum atomic E-state index is -3.32. The van der Waals surface area contributed by atoms with Gasteiger partial charge in [0.25, 0.3) is 0 Å². The van der Waals surface area contributed by atoms with Crippen molar-refractivity contribution < 1.29 is 13.2 Å². The standard InChI is InChI=1S/C21H25NO3S/c1-16(2)18-9-7-17(8-10-18)15-26(24,25)14-12-21(23)22-13-11-19-5-3-4-6-20(19)22/h3-10,16H,11-15H2,1-2H3. The second-order valence-corrected chi connectivity index (χ2v) is 9.35.